The van der Waals surface area contributed by atoms with Crippen LogP contribution in [0.5, 0.6) is 5.75 Å². The van der Waals surface area contributed by atoms with Crippen LogP contribution in [0.3, 0.4) is 0 Å². The predicted molar refractivity (Wildman–Crippen MR) is 82.3 cm³/mol. The molecule has 0 aromatic heterocycles. The fraction of sp³-hybridized carbons (Fsp3) is 0.611. The molecule has 2 nitrogen and oxygen atoms in total. The second kappa shape index (κ2) is 6.43. The number of carbonyl (C=O) groups is 1. The minimum Gasteiger partial charge on any atom is -0.497 e. The van der Waals surface area contributed by atoms with Crippen LogP contribution in [0.25, 0.3) is 0 Å². The van der Waals surface area contributed by atoms with Gasteiger partial charge in [0.2, 0.25) is 0 Å². The van der Waals surface area contributed by atoms with Crippen LogP contribution < -0.4 is 4.74 Å². The average Bonchev–Trinajstić information content (AvgIpc) is 2.46. The fourth-order valence-corrected chi connectivity index (χ4v) is 3.31. The van der Waals surface area contributed by atoms with Gasteiger partial charge in [0.15, 0.2) is 5.78 Å². The van der Waals surface area contributed by atoms with Crippen molar-refractivity contribution in [3.8, 4) is 5.75 Å². The minimum absolute atomic E-state index is 0.220. The summed E-state index contributed by atoms with van der Waals surface area (Å²) in [6, 6.07) is 5.76. The quantitative estimate of drug-likeness (QED) is 0.747. The smallest absolute Gasteiger partial charge is 0.166 e. The van der Waals surface area contributed by atoms with Crippen molar-refractivity contribution in [3.63, 3.8) is 0 Å². The van der Waals surface area contributed by atoms with Crippen LogP contribution in [0, 0.1) is 24.7 Å². The van der Waals surface area contributed by atoms with E-state index < -0.39 is 0 Å². The summed E-state index contributed by atoms with van der Waals surface area (Å²) in [5, 5.41) is 0. The van der Waals surface area contributed by atoms with Gasteiger partial charge in [0.05, 0.1) is 7.11 Å². The lowest BCUT2D eigenvalue weighted by Crippen LogP contribution is -2.24. The Hall–Kier alpha value is -1.31. The molecule has 1 aromatic rings. The number of hydrogen-bond acceptors (Lipinski definition) is 2. The Bertz CT molecular complexity index is 468. The fourth-order valence-electron chi connectivity index (χ4n) is 3.31. The molecule has 1 aromatic carbocycles. The molecule has 2 heteroatoms. The highest BCUT2D eigenvalue weighted by molar-refractivity contribution is 5.99. The zero-order chi connectivity index (χ0) is 14.7. The Morgan fingerprint density at radius 1 is 1.20 bits per heavy atom. The van der Waals surface area contributed by atoms with E-state index in [-0.39, 0.29) is 5.92 Å². The van der Waals surface area contributed by atoms with Gasteiger partial charge in [-0.3, -0.25) is 4.79 Å². The third kappa shape index (κ3) is 3.23. The molecule has 0 atom stereocenters. The van der Waals surface area contributed by atoms with Crippen molar-refractivity contribution < 1.29 is 9.53 Å². The summed E-state index contributed by atoms with van der Waals surface area (Å²) in [6.07, 6.45) is 4.49. The van der Waals surface area contributed by atoms with Gasteiger partial charge in [-0.2, -0.15) is 0 Å². The van der Waals surface area contributed by atoms with E-state index in [1.165, 1.54) is 12.8 Å². The van der Waals surface area contributed by atoms with Gasteiger partial charge in [-0.05, 0) is 68.2 Å². The maximum Gasteiger partial charge on any atom is 0.166 e. The molecule has 110 valence electrons. The number of ketones is 1. The van der Waals surface area contributed by atoms with E-state index in [9.17, 15) is 4.79 Å². The molecule has 0 radical (unpaired) electrons. The van der Waals surface area contributed by atoms with Gasteiger partial charge >= 0.3 is 0 Å². The Morgan fingerprint density at radius 2 is 1.85 bits per heavy atom. The summed E-state index contributed by atoms with van der Waals surface area (Å²) in [5.74, 6) is 2.91. The SMILES string of the molecule is COc1ccc(C(=O)C2CCC(C(C)C)CC2)c(C)c1. The van der Waals surface area contributed by atoms with Gasteiger partial charge in [0.25, 0.3) is 0 Å². The molecule has 0 heterocycles. The Morgan fingerprint density at radius 3 is 2.35 bits per heavy atom. The van der Waals surface area contributed by atoms with E-state index in [2.05, 4.69) is 13.8 Å². The van der Waals surface area contributed by atoms with Crippen LogP contribution in [0.2, 0.25) is 0 Å². The van der Waals surface area contributed by atoms with Crippen LogP contribution in [-0.4, -0.2) is 12.9 Å². The molecular weight excluding hydrogens is 248 g/mol. The van der Waals surface area contributed by atoms with E-state index in [1.54, 1.807) is 7.11 Å². The van der Waals surface area contributed by atoms with E-state index in [1.807, 2.05) is 25.1 Å². The first-order valence-corrected chi connectivity index (χ1v) is 7.71. The summed E-state index contributed by atoms with van der Waals surface area (Å²) in [4.78, 5) is 12.7. The lowest BCUT2D eigenvalue weighted by atomic mass is 9.74. The maximum absolute atomic E-state index is 12.7. The minimum atomic E-state index is 0.220. The van der Waals surface area contributed by atoms with E-state index in [0.717, 1.165) is 41.6 Å². The molecule has 0 amide bonds. The van der Waals surface area contributed by atoms with Crippen LogP contribution in [0.15, 0.2) is 18.2 Å². The largest absolute Gasteiger partial charge is 0.497 e. The molecule has 0 bridgehead atoms. The molecule has 1 fully saturated rings. The molecule has 1 aliphatic rings. The van der Waals surface area contributed by atoms with Crippen LogP contribution in [0.1, 0.15) is 55.5 Å². The highest BCUT2D eigenvalue weighted by Crippen LogP contribution is 2.35. The van der Waals surface area contributed by atoms with Gasteiger partial charge < -0.3 is 4.74 Å². The number of benzene rings is 1. The van der Waals surface area contributed by atoms with E-state index >= 15 is 0 Å². The van der Waals surface area contributed by atoms with E-state index in [4.69, 9.17) is 4.74 Å². The molecule has 1 saturated carbocycles. The molecular formula is C18H26O2. The second-order valence-electron chi connectivity index (χ2n) is 6.40. The highest BCUT2D eigenvalue weighted by atomic mass is 16.5. The number of carbonyl (C=O) groups excluding carboxylic acids is 1. The topological polar surface area (TPSA) is 26.3 Å². The molecule has 20 heavy (non-hydrogen) atoms. The first-order chi connectivity index (χ1) is 9.52. The van der Waals surface area contributed by atoms with Crippen molar-refractivity contribution in [3.05, 3.63) is 29.3 Å². The number of methoxy groups -OCH3 is 1. The van der Waals surface area contributed by atoms with Crippen molar-refractivity contribution in [1.82, 2.24) is 0 Å². The first-order valence-electron chi connectivity index (χ1n) is 7.71. The van der Waals surface area contributed by atoms with Gasteiger partial charge in [-0.15, -0.1) is 0 Å². The molecule has 0 saturated heterocycles. The van der Waals surface area contributed by atoms with Gasteiger partial charge in [-0.25, -0.2) is 0 Å². The third-order valence-electron chi connectivity index (χ3n) is 4.78. The van der Waals surface area contributed by atoms with Crippen molar-refractivity contribution in [2.45, 2.75) is 46.5 Å². The maximum atomic E-state index is 12.7. The standard InChI is InChI=1S/C18H26O2/c1-12(2)14-5-7-15(8-6-14)18(19)17-10-9-16(20-4)11-13(17)3/h9-12,14-15H,5-8H2,1-4H3. The van der Waals surface area contributed by atoms with Crippen molar-refractivity contribution in [2.24, 2.45) is 17.8 Å². The molecule has 0 N–H and O–H groups in total. The normalized spacial score (nSPS) is 22.9. The Labute approximate surface area is 122 Å². The third-order valence-corrected chi connectivity index (χ3v) is 4.78. The summed E-state index contributed by atoms with van der Waals surface area (Å²) in [5.41, 5.74) is 1.90. The molecule has 0 aliphatic heterocycles. The Kier molecular flexibility index (Phi) is 4.85. The van der Waals surface area contributed by atoms with Crippen molar-refractivity contribution in [2.75, 3.05) is 7.11 Å². The highest BCUT2D eigenvalue weighted by Gasteiger charge is 2.28. The molecule has 0 spiro atoms. The molecule has 0 unspecified atom stereocenters. The lowest BCUT2D eigenvalue weighted by molar-refractivity contribution is 0.0858. The second-order valence-corrected chi connectivity index (χ2v) is 6.40. The van der Waals surface area contributed by atoms with Crippen LogP contribution in [-0.2, 0) is 0 Å². The van der Waals surface area contributed by atoms with E-state index in [0.29, 0.717) is 5.78 Å². The zero-order valence-electron chi connectivity index (χ0n) is 13.1. The number of hydrogen-bond donors (Lipinski definition) is 0. The summed E-state index contributed by atoms with van der Waals surface area (Å²) < 4.78 is 5.20. The first kappa shape index (κ1) is 15.1. The monoisotopic (exact) mass is 274 g/mol. The van der Waals surface area contributed by atoms with Crippen LogP contribution in [0.4, 0.5) is 0 Å². The summed E-state index contributed by atoms with van der Waals surface area (Å²) in [6.45, 7) is 6.58. The summed E-state index contributed by atoms with van der Waals surface area (Å²) in [7, 11) is 1.66. The zero-order valence-corrected chi connectivity index (χ0v) is 13.1. The van der Waals surface area contributed by atoms with Gasteiger partial charge in [-0.1, -0.05) is 13.8 Å². The van der Waals surface area contributed by atoms with Gasteiger partial charge in [0, 0.05) is 11.5 Å². The molecule has 2 rings (SSSR count). The van der Waals surface area contributed by atoms with Gasteiger partial charge in [0.1, 0.15) is 5.75 Å². The number of Topliss-reactive ketones (excluding diaryl/α,β-unsaturated/α-hetero) is 1. The van der Waals surface area contributed by atoms with Crippen LogP contribution >= 0.6 is 0 Å². The van der Waals surface area contributed by atoms with Crippen molar-refractivity contribution in [1.29, 1.82) is 0 Å². The van der Waals surface area contributed by atoms with Crippen molar-refractivity contribution >= 4 is 5.78 Å². The average molecular weight is 274 g/mol. The molecule has 1 aliphatic carbocycles. The Balaban J connectivity index is 2.05. The number of aryl methyl sites for hydroxylation is 1. The lowest BCUT2D eigenvalue weighted by Gasteiger charge is -2.30. The summed E-state index contributed by atoms with van der Waals surface area (Å²) >= 11 is 0. The number of ether oxygens (including phenoxy) is 1. The number of rotatable bonds is 4. The predicted octanol–water partition coefficient (Wildman–Crippen LogP) is 4.65.